The number of aryl methyl sites for hydroxylation is 1. The monoisotopic (exact) mass is 388 g/mol. The molecule has 2 aromatic heterocycles. The molecule has 0 atom stereocenters. The van der Waals surface area contributed by atoms with E-state index in [1.807, 2.05) is 68.5 Å². The van der Waals surface area contributed by atoms with Gasteiger partial charge in [-0.05, 0) is 49.1 Å². The summed E-state index contributed by atoms with van der Waals surface area (Å²) in [5.74, 6) is 0. The van der Waals surface area contributed by atoms with Crippen LogP contribution in [-0.2, 0) is 6.42 Å². The van der Waals surface area contributed by atoms with Crippen LogP contribution in [0.15, 0.2) is 48.5 Å². The lowest BCUT2D eigenvalue weighted by Gasteiger charge is -2.10. The van der Waals surface area contributed by atoms with Gasteiger partial charge in [0.05, 0.1) is 0 Å². The highest BCUT2D eigenvalue weighted by atomic mass is 19.2. The Morgan fingerprint density at radius 2 is 1.79 bits per heavy atom. The number of benzene rings is 2. The fraction of sp³-hybridized carbons (Fsp3) is 0.167. The van der Waals surface area contributed by atoms with Crippen LogP contribution in [0, 0.1) is 13.8 Å². The van der Waals surface area contributed by atoms with Gasteiger partial charge in [-0.2, -0.15) is 0 Å². The molecule has 0 bridgehead atoms. The van der Waals surface area contributed by atoms with Gasteiger partial charge in [0, 0.05) is 32.9 Å². The van der Waals surface area contributed by atoms with Crippen molar-refractivity contribution in [3.63, 3.8) is 0 Å². The number of H-pyrrole nitrogens is 1. The standard InChI is InChI=1S/C24H23BF2N2/c1-5-19-16(3)22(28-17(19)4)14-23-20-11-6-7-12-21(20)24(29(23)25(26)27)18-10-8-9-15(2)13-18/h6-14,28H,4-5H2,1-3H3. The van der Waals surface area contributed by atoms with E-state index in [0.29, 0.717) is 11.4 Å². The molecule has 0 fully saturated rings. The summed E-state index contributed by atoms with van der Waals surface area (Å²) in [4.78, 5) is 3.28. The van der Waals surface area contributed by atoms with Gasteiger partial charge in [-0.1, -0.05) is 61.5 Å². The van der Waals surface area contributed by atoms with Crippen molar-refractivity contribution in [1.82, 2.24) is 9.46 Å². The number of nitrogens with one attached hydrogen (secondary N) is 1. The van der Waals surface area contributed by atoms with Crippen molar-refractivity contribution < 1.29 is 8.63 Å². The first-order valence-electron chi connectivity index (χ1n) is 9.78. The van der Waals surface area contributed by atoms with Crippen LogP contribution in [0.1, 0.15) is 29.3 Å². The van der Waals surface area contributed by atoms with E-state index in [4.69, 9.17) is 0 Å². The lowest BCUT2D eigenvalue weighted by Crippen LogP contribution is -2.18. The average Bonchev–Trinajstić information content (AvgIpc) is 3.16. The second kappa shape index (κ2) is 7.39. The van der Waals surface area contributed by atoms with Crippen LogP contribution in [0.4, 0.5) is 8.63 Å². The Morgan fingerprint density at radius 3 is 2.41 bits per heavy atom. The Hall–Kier alpha value is -3.08. The predicted molar refractivity (Wildman–Crippen MR) is 119 cm³/mol. The Morgan fingerprint density at radius 1 is 1.07 bits per heavy atom. The molecule has 0 saturated heterocycles. The smallest absolute Gasteiger partial charge is 0.355 e. The molecule has 0 aliphatic heterocycles. The van der Waals surface area contributed by atoms with E-state index < -0.39 is 7.40 Å². The van der Waals surface area contributed by atoms with E-state index in [9.17, 15) is 8.63 Å². The third-order valence-electron chi connectivity index (χ3n) is 5.59. The van der Waals surface area contributed by atoms with Gasteiger partial charge in [-0.25, -0.2) is 0 Å². The van der Waals surface area contributed by atoms with Crippen LogP contribution < -0.4 is 10.7 Å². The maximum Gasteiger partial charge on any atom is 0.678 e. The highest BCUT2D eigenvalue weighted by Crippen LogP contribution is 2.35. The number of rotatable bonds is 4. The van der Waals surface area contributed by atoms with E-state index >= 15 is 0 Å². The van der Waals surface area contributed by atoms with Crippen molar-refractivity contribution in [2.45, 2.75) is 27.2 Å². The lowest BCUT2D eigenvalue weighted by molar-refractivity contribution is 0.631. The summed E-state index contributed by atoms with van der Waals surface area (Å²) in [7, 11) is -2.66. The molecule has 0 amide bonds. The van der Waals surface area contributed by atoms with Gasteiger partial charge in [0.2, 0.25) is 0 Å². The molecule has 0 aliphatic rings. The molecule has 2 nitrogen and oxygen atoms in total. The quantitative estimate of drug-likeness (QED) is 0.484. The van der Waals surface area contributed by atoms with Crippen molar-refractivity contribution in [2.24, 2.45) is 0 Å². The second-order valence-corrected chi connectivity index (χ2v) is 7.42. The third kappa shape index (κ3) is 3.21. The first-order valence-corrected chi connectivity index (χ1v) is 9.78. The van der Waals surface area contributed by atoms with Gasteiger partial charge >= 0.3 is 7.40 Å². The molecule has 2 heterocycles. The molecule has 0 saturated carbocycles. The molecule has 1 N–H and O–H groups in total. The predicted octanol–water partition coefficient (Wildman–Crippen LogP) is 4.83. The van der Waals surface area contributed by atoms with Crippen LogP contribution in [0.25, 0.3) is 34.7 Å². The summed E-state index contributed by atoms with van der Waals surface area (Å²) in [5.41, 5.74) is 5.06. The number of aromatic amines is 1. The molecule has 0 spiro atoms. The molecule has 29 heavy (non-hydrogen) atoms. The highest BCUT2D eigenvalue weighted by Gasteiger charge is 2.27. The Labute approximate surface area is 169 Å². The minimum Gasteiger partial charge on any atom is -0.355 e. The number of fused-ring (bicyclic) bond motifs is 1. The first kappa shape index (κ1) is 19.3. The topological polar surface area (TPSA) is 20.7 Å². The minimum absolute atomic E-state index is 0.499. The molecule has 0 unspecified atom stereocenters. The maximum absolute atomic E-state index is 14.4. The summed E-state index contributed by atoms with van der Waals surface area (Å²) in [6.07, 6.45) is 2.68. The number of aromatic nitrogens is 2. The SMILES string of the molecule is C=c1[nH]c(=Cc2c3ccccc3c(-c3cccc(C)c3)n2B(F)F)c(C)c1CC. The number of nitrogens with zero attached hydrogens (tertiary/aromatic N) is 1. The Bertz CT molecular complexity index is 1310. The summed E-state index contributed by atoms with van der Waals surface area (Å²) < 4.78 is 29.9. The second-order valence-electron chi connectivity index (χ2n) is 7.42. The maximum atomic E-state index is 14.4. The van der Waals surface area contributed by atoms with Gasteiger partial charge < -0.3 is 9.46 Å². The minimum atomic E-state index is -2.66. The molecule has 0 aliphatic carbocycles. The Kier molecular flexibility index (Phi) is 4.91. The van der Waals surface area contributed by atoms with Crippen molar-refractivity contribution in [1.29, 1.82) is 0 Å². The number of hydrogen-bond acceptors (Lipinski definition) is 0. The fourth-order valence-electron chi connectivity index (χ4n) is 4.21. The molecular weight excluding hydrogens is 365 g/mol. The zero-order chi connectivity index (χ0) is 20.7. The van der Waals surface area contributed by atoms with Crippen molar-refractivity contribution in [3.05, 3.63) is 81.6 Å². The highest BCUT2D eigenvalue weighted by molar-refractivity contribution is 6.43. The van der Waals surface area contributed by atoms with E-state index in [1.165, 1.54) is 0 Å². The zero-order valence-corrected chi connectivity index (χ0v) is 16.9. The Balaban J connectivity index is 2.12. The van der Waals surface area contributed by atoms with Crippen LogP contribution in [0.5, 0.6) is 0 Å². The van der Waals surface area contributed by atoms with E-state index in [-0.39, 0.29) is 0 Å². The van der Waals surface area contributed by atoms with Crippen molar-refractivity contribution in [2.75, 3.05) is 0 Å². The first-order chi connectivity index (χ1) is 13.9. The van der Waals surface area contributed by atoms with Crippen LogP contribution in [0.3, 0.4) is 0 Å². The van der Waals surface area contributed by atoms with E-state index in [0.717, 1.165) is 54.6 Å². The fourth-order valence-corrected chi connectivity index (χ4v) is 4.21. The van der Waals surface area contributed by atoms with Crippen LogP contribution in [0.2, 0.25) is 0 Å². The molecule has 4 aromatic rings. The van der Waals surface area contributed by atoms with Gasteiger partial charge in [0.15, 0.2) is 0 Å². The summed E-state index contributed by atoms with van der Waals surface area (Å²) >= 11 is 0. The zero-order valence-electron chi connectivity index (χ0n) is 16.9. The molecule has 4 rings (SSSR count). The molecular formula is C24H23BF2N2. The summed E-state index contributed by atoms with van der Waals surface area (Å²) in [6.45, 7) is 10.1. The summed E-state index contributed by atoms with van der Waals surface area (Å²) in [5, 5.41) is 3.30. The summed E-state index contributed by atoms with van der Waals surface area (Å²) in [6, 6.07) is 15.3. The number of halogens is 2. The molecule has 2 aromatic carbocycles. The van der Waals surface area contributed by atoms with Crippen LogP contribution >= 0.6 is 0 Å². The molecule has 146 valence electrons. The van der Waals surface area contributed by atoms with E-state index in [1.54, 1.807) is 0 Å². The largest absolute Gasteiger partial charge is 0.678 e. The van der Waals surface area contributed by atoms with Gasteiger partial charge in [-0.15, -0.1) is 0 Å². The lowest BCUT2D eigenvalue weighted by atomic mass is 10.0. The molecule has 0 radical (unpaired) electrons. The molecule has 5 heteroatoms. The van der Waals surface area contributed by atoms with Crippen molar-refractivity contribution >= 4 is 30.8 Å². The van der Waals surface area contributed by atoms with Gasteiger partial charge in [-0.3, -0.25) is 8.63 Å². The third-order valence-corrected chi connectivity index (χ3v) is 5.59. The average molecular weight is 388 g/mol. The number of hydrogen-bond donors (Lipinski definition) is 1. The van der Waals surface area contributed by atoms with E-state index in [2.05, 4.69) is 18.5 Å². The van der Waals surface area contributed by atoms with Crippen LogP contribution in [-0.4, -0.2) is 16.9 Å². The normalized spacial score (nSPS) is 12.1. The van der Waals surface area contributed by atoms with Gasteiger partial charge in [0.25, 0.3) is 0 Å². The van der Waals surface area contributed by atoms with Crippen molar-refractivity contribution in [3.8, 4) is 11.3 Å². The van der Waals surface area contributed by atoms with Gasteiger partial charge in [0.1, 0.15) is 0 Å².